The lowest BCUT2D eigenvalue weighted by Crippen LogP contribution is -2.35. The van der Waals surface area contributed by atoms with Gasteiger partial charge in [-0.15, -0.1) is 5.10 Å². The van der Waals surface area contributed by atoms with Crippen molar-refractivity contribution in [2.45, 2.75) is 45.3 Å². The lowest BCUT2D eigenvalue weighted by atomic mass is 9.94. The second-order valence-electron chi connectivity index (χ2n) is 6.29. The number of aryl methyl sites for hydroxylation is 1. The third kappa shape index (κ3) is 2.76. The molecule has 3 rings (SSSR count). The Morgan fingerprint density at radius 2 is 2.19 bits per heavy atom. The minimum absolute atomic E-state index is 0.149. The maximum atomic E-state index is 6.10. The Kier molecular flexibility index (Phi) is 3.41. The molecule has 1 aliphatic heterocycles. The number of nitrogen functional groups attached to an aromatic ring is 1. The number of nitrogens with zero attached hydrogens (tertiary/aromatic N) is 4. The fraction of sp³-hybridized carbons (Fsp3) is 0.533. The van der Waals surface area contributed by atoms with Crippen LogP contribution in [0.25, 0.3) is 11.4 Å². The van der Waals surface area contributed by atoms with E-state index in [9.17, 15) is 0 Å². The maximum absolute atomic E-state index is 6.10. The van der Waals surface area contributed by atoms with Gasteiger partial charge >= 0.3 is 0 Å². The smallest absolute Gasteiger partial charge is 0.184 e. The van der Waals surface area contributed by atoms with Crippen LogP contribution in [0.5, 0.6) is 0 Å². The molecule has 0 aliphatic carbocycles. The molecule has 0 bridgehead atoms. The molecule has 1 aromatic heterocycles. The minimum atomic E-state index is -0.149. The maximum Gasteiger partial charge on any atom is 0.184 e. The molecule has 112 valence electrons. The van der Waals surface area contributed by atoms with Crippen molar-refractivity contribution in [3.8, 4) is 11.4 Å². The summed E-state index contributed by atoms with van der Waals surface area (Å²) in [6.07, 6.45) is 1.80. The summed E-state index contributed by atoms with van der Waals surface area (Å²) in [5.74, 6) is 0.735. The van der Waals surface area contributed by atoms with E-state index in [4.69, 9.17) is 10.5 Å². The molecule has 0 amide bonds. The van der Waals surface area contributed by atoms with Crippen LogP contribution in [0.1, 0.15) is 38.3 Å². The Morgan fingerprint density at radius 1 is 1.38 bits per heavy atom. The van der Waals surface area contributed by atoms with Crippen molar-refractivity contribution < 1.29 is 4.74 Å². The van der Waals surface area contributed by atoms with Crippen LogP contribution in [0.15, 0.2) is 18.2 Å². The van der Waals surface area contributed by atoms with Crippen LogP contribution in [-0.4, -0.2) is 32.4 Å². The van der Waals surface area contributed by atoms with Crippen LogP contribution in [0.2, 0.25) is 0 Å². The predicted octanol–water partition coefficient (Wildman–Crippen LogP) is 2.36. The number of rotatable bonds is 2. The number of aromatic nitrogens is 4. The van der Waals surface area contributed by atoms with Crippen molar-refractivity contribution in [1.29, 1.82) is 0 Å². The third-order valence-electron chi connectivity index (χ3n) is 3.96. The lowest BCUT2D eigenvalue weighted by Gasteiger charge is -2.35. The highest BCUT2D eigenvalue weighted by atomic mass is 16.5. The van der Waals surface area contributed by atoms with E-state index in [1.54, 1.807) is 0 Å². The molecule has 0 radical (unpaired) electrons. The van der Waals surface area contributed by atoms with Crippen molar-refractivity contribution in [2.24, 2.45) is 0 Å². The first-order valence-electron chi connectivity index (χ1n) is 7.24. The van der Waals surface area contributed by atoms with Gasteiger partial charge in [0.2, 0.25) is 0 Å². The molecule has 1 fully saturated rings. The van der Waals surface area contributed by atoms with Crippen molar-refractivity contribution in [3.63, 3.8) is 0 Å². The number of hydrogen-bond acceptors (Lipinski definition) is 5. The van der Waals surface area contributed by atoms with Crippen molar-refractivity contribution in [1.82, 2.24) is 20.2 Å². The van der Waals surface area contributed by atoms with E-state index in [0.717, 1.165) is 36.4 Å². The molecule has 0 spiro atoms. The number of anilines is 1. The first-order chi connectivity index (χ1) is 9.96. The van der Waals surface area contributed by atoms with Gasteiger partial charge in [0.25, 0.3) is 0 Å². The molecule has 6 heteroatoms. The van der Waals surface area contributed by atoms with Crippen LogP contribution in [0.4, 0.5) is 5.69 Å². The molecular formula is C15H21N5O. The number of tetrazole rings is 1. The number of benzene rings is 1. The highest BCUT2D eigenvalue weighted by molar-refractivity contribution is 5.72. The third-order valence-corrected chi connectivity index (χ3v) is 3.96. The normalized spacial score (nSPS) is 21.4. The molecule has 1 saturated heterocycles. The monoisotopic (exact) mass is 287 g/mol. The number of nitrogens with two attached hydrogens (primary N) is 1. The van der Waals surface area contributed by atoms with Crippen LogP contribution < -0.4 is 5.73 Å². The summed E-state index contributed by atoms with van der Waals surface area (Å²) in [6.45, 7) is 6.96. The minimum Gasteiger partial charge on any atom is -0.398 e. The van der Waals surface area contributed by atoms with Gasteiger partial charge in [0.05, 0.1) is 11.6 Å². The van der Waals surface area contributed by atoms with Gasteiger partial charge in [-0.3, -0.25) is 0 Å². The van der Waals surface area contributed by atoms with Gasteiger partial charge in [0.15, 0.2) is 5.82 Å². The summed E-state index contributed by atoms with van der Waals surface area (Å²) >= 11 is 0. The molecule has 21 heavy (non-hydrogen) atoms. The van der Waals surface area contributed by atoms with Crippen LogP contribution in [-0.2, 0) is 4.74 Å². The molecule has 2 N–H and O–H groups in total. The molecular weight excluding hydrogens is 266 g/mol. The highest BCUT2D eigenvalue weighted by Crippen LogP contribution is 2.34. The van der Waals surface area contributed by atoms with Gasteiger partial charge < -0.3 is 10.5 Å². The predicted molar refractivity (Wildman–Crippen MR) is 80.7 cm³/mol. The topological polar surface area (TPSA) is 78.9 Å². The van der Waals surface area contributed by atoms with Crippen molar-refractivity contribution >= 4 is 5.69 Å². The molecule has 2 aromatic rings. The van der Waals surface area contributed by atoms with Gasteiger partial charge in [-0.2, -0.15) is 0 Å². The zero-order valence-electron chi connectivity index (χ0n) is 12.7. The summed E-state index contributed by atoms with van der Waals surface area (Å²) in [6, 6.07) is 6.16. The fourth-order valence-electron chi connectivity index (χ4n) is 2.89. The number of ether oxygens (including phenoxy) is 1. The molecule has 6 nitrogen and oxygen atoms in total. The second-order valence-corrected chi connectivity index (χ2v) is 6.29. The Morgan fingerprint density at radius 3 is 2.95 bits per heavy atom. The highest BCUT2D eigenvalue weighted by Gasteiger charge is 2.32. The van der Waals surface area contributed by atoms with E-state index in [-0.39, 0.29) is 11.6 Å². The lowest BCUT2D eigenvalue weighted by molar-refractivity contribution is -0.0707. The van der Waals surface area contributed by atoms with Gasteiger partial charge in [-0.25, -0.2) is 4.68 Å². The van der Waals surface area contributed by atoms with Crippen molar-refractivity contribution in [2.75, 3.05) is 12.3 Å². The average molecular weight is 287 g/mol. The van der Waals surface area contributed by atoms with E-state index >= 15 is 0 Å². The first-order valence-corrected chi connectivity index (χ1v) is 7.24. The Hall–Kier alpha value is -1.95. The first kappa shape index (κ1) is 14.0. The summed E-state index contributed by atoms with van der Waals surface area (Å²) in [5, 5.41) is 12.2. The van der Waals surface area contributed by atoms with Crippen LogP contribution in [0.3, 0.4) is 0 Å². The summed E-state index contributed by atoms with van der Waals surface area (Å²) in [7, 11) is 0. The van der Waals surface area contributed by atoms with Gasteiger partial charge in [0, 0.05) is 17.9 Å². The Bertz CT molecular complexity index is 649. The summed E-state index contributed by atoms with van der Waals surface area (Å²) in [5.41, 5.74) is 8.68. The van der Waals surface area contributed by atoms with Gasteiger partial charge in [-0.05, 0) is 56.2 Å². The zero-order valence-corrected chi connectivity index (χ0v) is 12.7. The van der Waals surface area contributed by atoms with E-state index in [2.05, 4.69) is 29.4 Å². The number of hydrogen-bond donors (Lipinski definition) is 1. The van der Waals surface area contributed by atoms with Crippen molar-refractivity contribution in [3.05, 3.63) is 23.8 Å². The molecule has 1 aromatic carbocycles. The van der Waals surface area contributed by atoms with E-state index in [0.29, 0.717) is 5.69 Å². The molecule has 1 aliphatic rings. The van der Waals surface area contributed by atoms with E-state index < -0.39 is 0 Å². The molecule has 0 saturated carbocycles. The van der Waals surface area contributed by atoms with Gasteiger partial charge in [0.1, 0.15) is 0 Å². The summed E-state index contributed by atoms with van der Waals surface area (Å²) in [4.78, 5) is 0. The average Bonchev–Trinajstić information content (AvgIpc) is 2.89. The molecule has 2 heterocycles. The largest absolute Gasteiger partial charge is 0.398 e. The zero-order chi connectivity index (χ0) is 15.0. The quantitative estimate of drug-likeness (QED) is 0.858. The second kappa shape index (κ2) is 5.11. The summed E-state index contributed by atoms with van der Waals surface area (Å²) < 4.78 is 7.67. The SMILES string of the molecule is Cc1ccc(N)c(-c2nnnn2C2CCOC(C)(C)C2)c1. The van der Waals surface area contributed by atoms with E-state index in [1.807, 2.05) is 29.8 Å². The molecule has 1 unspecified atom stereocenters. The van der Waals surface area contributed by atoms with Crippen LogP contribution in [0, 0.1) is 6.92 Å². The standard InChI is InChI=1S/C15H21N5O/c1-10-4-5-13(16)12(8-10)14-17-18-19-20(14)11-6-7-21-15(2,3)9-11/h4-5,8,11H,6-7,9,16H2,1-3H3. The molecule has 1 atom stereocenters. The van der Waals surface area contributed by atoms with Gasteiger partial charge in [-0.1, -0.05) is 11.6 Å². The Labute approximate surface area is 124 Å². The van der Waals surface area contributed by atoms with Crippen LogP contribution >= 0.6 is 0 Å². The Balaban J connectivity index is 1.99. The van der Waals surface area contributed by atoms with E-state index in [1.165, 1.54) is 0 Å². The fourth-order valence-corrected chi connectivity index (χ4v) is 2.89.